The van der Waals surface area contributed by atoms with Crippen LogP contribution in [0.1, 0.15) is 38.5 Å². The first-order chi connectivity index (χ1) is 10.2. The largest absolute Gasteiger partial charge is 0.341 e. The Morgan fingerprint density at radius 2 is 1.76 bits per heavy atom. The van der Waals surface area contributed by atoms with E-state index in [9.17, 15) is 9.59 Å². The zero-order chi connectivity index (χ0) is 15.1. The van der Waals surface area contributed by atoms with Crippen molar-refractivity contribution < 1.29 is 9.59 Å². The summed E-state index contributed by atoms with van der Waals surface area (Å²) in [6, 6.07) is 0.144. The van der Waals surface area contributed by atoms with Crippen LogP contribution in [-0.4, -0.2) is 67.6 Å². The van der Waals surface area contributed by atoms with Gasteiger partial charge in [-0.1, -0.05) is 12.8 Å². The Morgan fingerprint density at radius 3 is 2.43 bits per heavy atom. The molecule has 0 aromatic heterocycles. The topological polar surface area (TPSA) is 64.7 Å². The van der Waals surface area contributed by atoms with Crippen LogP contribution in [-0.2, 0) is 4.79 Å². The molecular weight excluding hydrogens is 268 g/mol. The summed E-state index contributed by atoms with van der Waals surface area (Å²) >= 11 is 0. The maximum absolute atomic E-state index is 11.8. The number of hydrogen-bond donors (Lipinski definition) is 2. The predicted octanol–water partition coefficient (Wildman–Crippen LogP) is 0.782. The summed E-state index contributed by atoms with van der Waals surface area (Å²) in [7, 11) is 1.51. The molecule has 0 aromatic carbocycles. The minimum atomic E-state index is -0.430. The van der Waals surface area contributed by atoms with Gasteiger partial charge in [0.25, 0.3) is 0 Å². The summed E-state index contributed by atoms with van der Waals surface area (Å²) in [5, 5.41) is 4.74. The van der Waals surface area contributed by atoms with Crippen LogP contribution in [0.15, 0.2) is 0 Å². The SMILES string of the molecule is CNC(=O)NC(=O)CN1CCCC(N2CCCCCC2)C1. The Kier molecular flexibility index (Phi) is 6.45. The molecule has 2 fully saturated rings. The van der Waals surface area contributed by atoms with Crippen molar-refractivity contribution in [3.8, 4) is 0 Å². The molecule has 2 rings (SSSR count). The minimum Gasteiger partial charge on any atom is -0.341 e. The molecule has 0 saturated carbocycles. The van der Waals surface area contributed by atoms with E-state index in [2.05, 4.69) is 20.4 Å². The quantitative estimate of drug-likeness (QED) is 0.808. The van der Waals surface area contributed by atoms with Crippen LogP contribution in [0.4, 0.5) is 4.79 Å². The highest BCUT2D eigenvalue weighted by molar-refractivity contribution is 5.95. The summed E-state index contributed by atoms with van der Waals surface area (Å²) in [4.78, 5) is 27.7. The van der Waals surface area contributed by atoms with Gasteiger partial charge in [0.15, 0.2) is 0 Å². The maximum atomic E-state index is 11.8. The van der Waals surface area contributed by atoms with Crippen LogP contribution in [0.25, 0.3) is 0 Å². The second-order valence-electron chi connectivity index (χ2n) is 6.11. The molecule has 6 heteroatoms. The molecule has 6 nitrogen and oxygen atoms in total. The fourth-order valence-corrected chi connectivity index (χ4v) is 3.36. The van der Waals surface area contributed by atoms with Gasteiger partial charge in [0.05, 0.1) is 6.54 Å². The number of carbonyl (C=O) groups excluding carboxylic acids is 2. The second-order valence-corrected chi connectivity index (χ2v) is 6.11. The van der Waals surface area contributed by atoms with E-state index in [-0.39, 0.29) is 5.91 Å². The van der Waals surface area contributed by atoms with Gasteiger partial charge in [-0.25, -0.2) is 4.79 Å². The summed E-state index contributed by atoms with van der Waals surface area (Å²) in [6.45, 7) is 4.61. The van der Waals surface area contributed by atoms with Crippen molar-refractivity contribution in [2.45, 2.75) is 44.6 Å². The summed E-state index contributed by atoms with van der Waals surface area (Å²) in [5.74, 6) is -0.217. The van der Waals surface area contributed by atoms with Crippen molar-refractivity contribution in [2.75, 3.05) is 39.8 Å². The third kappa shape index (κ3) is 5.28. The van der Waals surface area contributed by atoms with Gasteiger partial charge in [0.2, 0.25) is 5.91 Å². The first kappa shape index (κ1) is 16.2. The Balaban J connectivity index is 1.79. The maximum Gasteiger partial charge on any atom is 0.321 e. The molecule has 2 saturated heterocycles. The van der Waals surface area contributed by atoms with Gasteiger partial charge in [-0.3, -0.25) is 19.9 Å². The van der Waals surface area contributed by atoms with Crippen molar-refractivity contribution >= 4 is 11.9 Å². The van der Waals surface area contributed by atoms with Crippen molar-refractivity contribution in [2.24, 2.45) is 0 Å². The van der Waals surface area contributed by atoms with Gasteiger partial charge in [0, 0.05) is 19.6 Å². The number of amides is 3. The van der Waals surface area contributed by atoms with E-state index in [0.717, 1.165) is 19.5 Å². The molecule has 0 radical (unpaired) electrons. The van der Waals surface area contributed by atoms with Crippen molar-refractivity contribution in [1.82, 2.24) is 20.4 Å². The normalized spacial score (nSPS) is 25.1. The Bertz CT molecular complexity index is 354. The highest BCUT2D eigenvalue weighted by Gasteiger charge is 2.26. The molecule has 0 aliphatic carbocycles. The predicted molar refractivity (Wildman–Crippen MR) is 82.1 cm³/mol. The molecule has 1 unspecified atom stereocenters. The average molecular weight is 296 g/mol. The number of piperidine rings is 1. The number of urea groups is 1. The van der Waals surface area contributed by atoms with Crippen LogP contribution in [0, 0.1) is 0 Å². The first-order valence-electron chi connectivity index (χ1n) is 8.17. The fourth-order valence-electron chi connectivity index (χ4n) is 3.36. The number of hydrogen-bond acceptors (Lipinski definition) is 4. The van der Waals surface area contributed by atoms with Gasteiger partial charge < -0.3 is 5.32 Å². The lowest BCUT2D eigenvalue weighted by molar-refractivity contribution is -0.121. The molecule has 120 valence electrons. The second kappa shape index (κ2) is 8.34. The lowest BCUT2D eigenvalue weighted by Gasteiger charge is -2.38. The molecule has 2 N–H and O–H groups in total. The van der Waals surface area contributed by atoms with Crippen LogP contribution < -0.4 is 10.6 Å². The Labute approximate surface area is 127 Å². The number of rotatable bonds is 3. The Morgan fingerprint density at radius 1 is 1.05 bits per heavy atom. The smallest absolute Gasteiger partial charge is 0.321 e. The molecule has 0 aromatic rings. The third-order valence-electron chi connectivity index (χ3n) is 4.48. The molecule has 3 amide bonds. The van der Waals surface area contributed by atoms with E-state index in [0.29, 0.717) is 12.6 Å². The molecule has 0 spiro atoms. The van der Waals surface area contributed by atoms with Crippen LogP contribution in [0.2, 0.25) is 0 Å². The fraction of sp³-hybridized carbons (Fsp3) is 0.867. The first-order valence-corrected chi connectivity index (χ1v) is 8.17. The lowest BCUT2D eigenvalue weighted by Crippen LogP contribution is -2.51. The van der Waals surface area contributed by atoms with E-state index in [4.69, 9.17) is 0 Å². The number of nitrogens with one attached hydrogen (secondary N) is 2. The standard InChI is InChI=1S/C15H28N4O2/c1-16-15(21)17-14(20)12-18-8-6-7-13(11-18)19-9-4-2-3-5-10-19/h13H,2-12H2,1H3,(H2,16,17,20,21). The van der Waals surface area contributed by atoms with E-state index in [1.807, 2.05) is 0 Å². The third-order valence-corrected chi connectivity index (χ3v) is 4.48. The van der Waals surface area contributed by atoms with Crippen molar-refractivity contribution in [3.63, 3.8) is 0 Å². The number of nitrogens with zero attached hydrogens (tertiary/aromatic N) is 2. The van der Waals surface area contributed by atoms with Gasteiger partial charge in [-0.2, -0.15) is 0 Å². The van der Waals surface area contributed by atoms with Gasteiger partial charge >= 0.3 is 6.03 Å². The zero-order valence-electron chi connectivity index (χ0n) is 13.1. The molecule has 21 heavy (non-hydrogen) atoms. The molecule has 1 atom stereocenters. The summed E-state index contributed by atoms with van der Waals surface area (Å²) in [6.07, 6.45) is 7.66. The van der Waals surface area contributed by atoms with Crippen molar-refractivity contribution in [3.05, 3.63) is 0 Å². The molecule has 2 aliphatic heterocycles. The molecule has 2 heterocycles. The highest BCUT2D eigenvalue weighted by Crippen LogP contribution is 2.19. The zero-order valence-corrected chi connectivity index (χ0v) is 13.1. The average Bonchev–Trinajstić information content (AvgIpc) is 2.76. The van der Waals surface area contributed by atoms with Crippen LogP contribution in [0.5, 0.6) is 0 Å². The number of carbonyl (C=O) groups is 2. The highest BCUT2D eigenvalue weighted by atomic mass is 16.2. The molecular formula is C15H28N4O2. The molecule has 0 bridgehead atoms. The molecule has 2 aliphatic rings. The number of imide groups is 1. The van der Waals surface area contributed by atoms with Crippen LogP contribution >= 0.6 is 0 Å². The lowest BCUT2D eigenvalue weighted by atomic mass is 10.0. The monoisotopic (exact) mass is 296 g/mol. The van der Waals surface area contributed by atoms with E-state index >= 15 is 0 Å². The van der Waals surface area contributed by atoms with Gasteiger partial charge in [-0.05, 0) is 45.3 Å². The minimum absolute atomic E-state index is 0.217. The summed E-state index contributed by atoms with van der Waals surface area (Å²) in [5.41, 5.74) is 0. The number of likely N-dealkylation sites (tertiary alicyclic amines) is 2. The van der Waals surface area contributed by atoms with Gasteiger partial charge in [-0.15, -0.1) is 0 Å². The van der Waals surface area contributed by atoms with Gasteiger partial charge in [0.1, 0.15) is 0 Å². The van der Waals surface area contributed by atoms with E-state index in [1.165, 1.54) is 52.2 Å². The summed E-state index contributed by atoms with van der Waals surface area (Å²) < 4.78 is 0. The van der Waals surface area contributed by atoms with Crippen molar-refractivity contribution in [1.29, 1.82) is 0 Å². The van der Waals surface area contributed by atoms with E-state index in [1.54, 1.807) is 0 Å². The van der Waals surface area contributed by atoms with Crippen LogP contribution in [0.3, 0.4) is 0 Å². The Hall–Kier alpha value is -1.14. The van der Waals surface area contributed by atoms with E-state index < -0.39 is 6.03 Å².